The summed E-state index contributed by atoms with van der Waals surface area (Å²) in [6.07, 6.45) is -0.670. The Hall–Kier alpha value is -1.30. The monoisotopic (exact) mass is 295 g/mol. The summed E-state index contributed by atoms with van der Waals surface area (Å²) in [5.74, 6) is 1.40. The number of aliphatic hydroxyl groups excluding tert-OH is 2. The van der Waals surface area contributed by atoms with E-state index in [9.17, 15) is 5.11 Å². The summed E-state index contributed by atoms with van der Waals surface area (Å²) in [5.41, 5.74) is 0.189. The van der Waals surface area contributed by atoms with Crippen LogP contribution in [-0.2, 0) is 0 Å². The van der Waals surface area contributed by atoms with Crippen LogP contribution in [0.4, 0.5) is 0 Å². The number of nitrogens with zero attached hydrogens (tertiary/aromatic N) is 1. The Morgan fingerprint density at radius 3 is 2.71 bits per heavy atom. The molecule has 2 rings (SSSR count). The molecule has 1 aliphatic rings. The molecule has 118 valence electrons. The number of likely N-dealkylation sites (N-methyl/N-ethyl adjacent to an activating group) is 1. The van der Waals surface area contributed by atoms with E-state index in [1.807, 2.05) is 50.9 Å². The van der Waals surface area contributed by atoms with Crippen LogP contribution in [0.1, 0.15) is 32.4 Å². The first-order valence-electron chi connectivity index (χ1n) is 7.35. The lowest BCUT2D eigenvalue weighted by molar-refractivity contribution is -0.0773. The van der Waals surface area contributed by atoms with Gasteiger partial charge in [0.05, 0.1) is 19.3 Å². The first-order valence-corrected chi connectivity index (χ1v) is 7.35. The number of hydrogen-bond donors (Lipinski definition) is 2. The van der Waals surface area contributed by atoms with Gasteiger partial charge in [-0.3, -0.25) is 4.90 Å². The van der Waals surface area contributed by atoms with Gasteiger partial charge in [-0.1, -0.05) is 0 Å². The van der Waals surface area contributed by atoms with E-state index in [4.69, 9.17) is 14.6 Å². The van der Waals surface area contributed by atoms with Crippen LogP contribution in [-0.4, -0.2) is 53.6 Å². The van der Waals surface area contributed by atoms with Gasteiger partial charge in [0.15, 0.2) is 0 Å². The van der Waals surface area contributed by atoms with Crippen LogP contribution < -0.4 is 9.47 Å². The van der Waals surface area contributed by atoms with E-state index < -0.39 is 11.7 Å². The fourth-order valence-corrected chi connectivity index (χ4v) is 3.07. The highest BCUT2D eigenvalue weighted by Gasteiger charge is 2.45. The van der Waals surface area contributed by atoms with Crippen molar-refractivity contribution in [3.8, 4) is 11.5 Å². The predicted octanol–water partition coefficient (Wildman–Crippen LogP) is 1.58. The highest BCUT2D eigenvalue weighted by molar-refractivity contribution is 5.45. The first-order chi connectivity index (χ1) is 9.90. The smallest absolute Gasteiger partial charge is 0.129 e. The summed E-state index contributed by atoms with van der Waals surface area (Å²) < 4.78 is 11.6. The van der Waals surface area contributed by atoms with E-state index in [0.717, 1.165) is 11.3 Å². The van der Waals surface area contributed by atoms with Gasteiger partial charge in [-0.2, -0.15) is 0 Å². The van der Waals surface area contributed by atoms with Gasteiger partial charge in [0, 0.05) is 18.2 Å². The molecular formula is C16H25NO4. The molecule has 0 saturated heterocycles. The lowest BCUT2D eigenvalue weighted by Crippen LogP contribution is -2.57. The minimum Gasteiger partial charge on any atom is -0.494 e. The molecule has 21 heavy (non-hydrogen) atoms. The van der Waals surface area contributed by atoms with Crippen LogP contribution >= 0.6 is 0 Å². The van der Waals surface area contributed by atoms with Crippen molar-refractivity contribution >= 4 is 0 Å². The molecule has 1 heterocycles. The van der Waals surface area contributed by atoms with Gasteiger partial charge in [-0.15, -0.1) is 0 Å². The fourth-order valence-electron chi connectivity index (χ4n) is 3.07. The van der Waals surface area contributed by atoms with Crippen LogP contribution in [0.2, 0.25) is 0 Å². The van der Waals surface area contributed by atoms with Gasteiger partial charge in [0.25, 0.3) is 0 Å². The predicted molar refractivity (Wildman–Crippen MR) is 80.8 cm³/mol. The third-order valence-corrected chi connectivity index (χ3v) is 3.93. The minimum atomic E-state index is -0.670. The quantitative estimate of drug-likeness (QED) is 0.863. The summed E-state index contributed by atoms with van der Waals surface area (Å²) in [4.78, 5) is 1.93. The molecule has 1 aromatic rings. The van der Waals surface area contributed by atoms with Crippen molar-refractivity contribution < 1.29 is 19.7 Å². The average Bonchev–Trinajstić information content (AvgIpc) is 2.37. The summed E-state index contributed by atoms with van der Waals surface area (Å²) in [7, 11) is 1.88. The van der Waals surface area contributed by atoms with Gasteiger partial charge in [0.2, 0.25) is 0 Å². The lowest BCUT2D eigenvalue weighted by Gasteiger charge is -2.46. The van der Waals surface area contributed by atoms with Gasteiger partial charge >= 0.3 is 0 Å². The molecule has 0 aromatic heterocycles. The van der Waals surface area contributed by atoms with E-state index in [-0.39, 0.29) is 12.6 Å². The van der Waals surface area contributed by atoms with E-state index >= 15 is 0 Å². The van der Waals surface area contributed by atoms with Crippen LogP contribution in [0.25, 0.3) is 0 Å². The van der Waals surface area contributed by atoms with Crippen LogP contribution in [0.5, 0.6) is 11.5 Å². The van der Waals surface area contributed by atoms with Crippen molar-refractivity contribution in [3.05, 3.63) is 23.8 Å². The molecular weight excluding hydrogens is 270 g/mol. The molecule has 0 bridgehead atoms. The van der Waals surface area contributed by atoms with Gasteiger partial charge in [-0.25, -0.2) is 0 Å². The number of ether oxygens (including phenoxy) is 2. The van der Waals surface area contributed by atoms with Crippen LogP contribution in [0.15, 0.2) is 18.2 Å². The van der Waals surface area contributed by atoms with Gasteiger partial charge in [-0.05, 0) is 40.0 Å². The fraction of sp³-hybridized carbons (Fsp3) is 0.625. The van der Waals surface area contributed by atoms with Crippen molar-refractivity contribution in [2.75, 3.05) is 26.8 Å². The second kappa shape index (κ2) is 6.22. The Labute approximate surface area is 126 Å². The Balaban J connectivity index is 2.35. The van der Waals surface area contributed by atoms with Gasteiger partial charge in [0.1, 0.15) is 23.2 Å². The average molecular weight is 295 g/mol. The standard InChI is InChI=1S/C16H25NO4/c1-5-20-11-6-7-12-13(10-11)21-16(2,3)15(14(12)19)17(4)8-9-18/h6-7,10,14-15,18-19H,5,8-9H2,1-4H3. The molecule has 2 unspecified atom stereocenters. The molecule has 0 fully saturated rings. The zero-order valence-corrected chi connectivity index (χ0v) is 13.2. The molecule has 0 spiro atoms. The highest BCUT2D eigenvalue weighted by Crippen LogP contribution is 2.43. The second-order valence-corrected chi connectivity index (χ2v) is 5.93. The Kier molecular flexibility index (Phi) is 4.76. The van der Waals surface area contributed by atoms with Crippen molar-refractivity contribution in [1.29, 1.82) is 0 Å². The number of benzene rings is 1. The Morgan fingerprint density at radius 1 is 1.38 bits per heavy atom. The highest BCUT2D eigenvalue weighted by atomic mass is 16.5. The van der Waals surface area contributed by atoms with E-state index in [0.29, 0.717) is 18.9 Å². The summed E-state index contributed by atoms with van der Waals surface area (Å²) in [5, 5.41) is 19.9. The van der Waals surface area contributed by atoms with Crippen LogP contribution in [0, 0.1) is 0 Å². The second-order valence-electron chi connectivity index (χ2n) is 5.93. The number of hydrogen-bond acceptors (Lipinski definition) is 5. The van der Waals surface area contributed by atoms with E-state index in [2.05, 4.69) is 0 Å². The molecule has 5 heteroatoms. The maximum Gasteiger partial charge on any atom is 0.129 e. The van der Waals surface area contributed by atoms with Gasteiger partial charge < -0.3 is 19.7 Å². The van der Waals surface area contributed by atoms with Crippen molar-refractivity contribution in [2.24, 2.45) is 0 Å². The van der Waals surface area contributed by atoms with Crippen molar-refractivity contribution in [1.82, 2.24) is 4.90 Å². The Bertz CT molecular complexity index is 489. The third-order valence-electron chi connectivity index (χ3n) is 3.93. The molecule has 1 aromatic carbocycles. The number of rotatable bonds is 5. The zero-order valence-electron chi connectivity index (χ0n) is 13.2. The van der Waals surface area contributed by atoms with Crippen molar-refractivity contribution in [3.63, 3.8) is 0 Å². The minimum absolute atomic E-state index is 0.0476. The summed E-state index contributed by atoms with van der Waals surface area (Å²) in [6, 6.07) is 5.29. The topological polar surface area (TPSA) is 62.2 Å². The van der Waals surface area contributed by atoms with E-state index in [1.54, 1.807) is 0 Å². The number of aliphatic hydroxyl groups is 2. The third kappa shape index (κ3) is 3.15. The van der Waals surface area contributed by atoms with Crippen molar-refractivity contribution in [2.45, 2.75) is 38.5 Å². The molecule has 0 aliphatic carbocycles. The molecule has 0 radical (unpaired) electrons. The first kappa shape index (κ1) is 16.1. The summed E-state index contributed by atoms with van der Waals surface area (Å²) >= 11 is 0. The maximum atomic E-state index is 10.7. The molecule has 0 amide bonds. The molecule has 5 nitrogen and oxygen atoms in total. The molecule has 0 saturated carbocycles. The maximum absolute atomic E-state index is 10.7. The van der Waals surface area contributed by atoms with Crippen LogP contribution in [0.3, 0.4) is 0 Å². The summed E-state index contributed by atoms with van der Waals surface area (Å²) in [6.45, 7) is 6.95. The molecule has 1 aliphatic heterocycles. The van der Waals surface area contributed by atoms with E-state index in [1.165, 1.54) is 0 Å². The SMILES string of the molecule is CCOc1ccc2c(c1)OC(C)(C)C(N(C)CCO)C2O. The largest absolute Gasteiger partial charge is 0.494 e. The molecule has 2 atom stereocenters. The Morgan fingerprint density at radius 2 is 2.10 bits per heavy atom. The normalized spacial score (nSPS) is 23.6. The number of fused-ring (bicyclic) bond motifs is 1. The lowest BCUT2D eigenvalue weighted by atomic mass is 9.85. The molecule has 2 N–H and O–H groups in total. The zero-order chi connectivity index (χ0) is 15.6.